The molecule has 5 rings (SSSR count). The van der Waals surface area contributed by atoms with E-state index in [0.717, 1.165) is 38.9 Å². The number of ether oxygens (including phenoxy) is 1. The van der Waals surface area contributed by atoms with Crippen LogP contribution in [-0.2, 0) is 0 Å². The highest BCUT2D eigenvalue weighted by Gasteiger charge is 2.45. The Balaban J connectivity index is 1.25. The number of rotatable bonds is 8. The van der Waals surface area contributed by atoms with Gasteiger partial charge in [0.15, 0.2) is 11.6 Å². The quantitative estimate of drug-likeness (QED) is 0.551. The lowest BCUT2D eigenvalue weighted by Gasteiger charge is -2.54. The second kappa shape index (κ2) is 11.1. The molecule has 1 saturated carbocycles. The molecule has 206 valence electrons. The van der Waals surface area contributed by atoms with Crippen molar-refractivity contribution in [1.82, 2.24) is 19.8 Å². The van der Waals surface area contributed by atoms with Gasteiger partial charge >= 0.3 is 0 Å². The van der Waals surface area contributed by atoms with Crippen LogP contribution >= 0.6 is 0 Å². The van der Waals surface area contributed by atoms with Gasteiger partial charge in [-0.25, -0.2) is 14.4 Å². The lowest BCUT2D eigenvalue weighted by molar-refractivity contribution is -0.0377. The molecule has 1 amide bonds. The predicted octanol–water partition coefficient (Wildman–Crippen LogP) is 4.31. The van der Waals surface area contributed by atoms with Gasteiger partial charge in [0.25, 0.3) is 5.91 Å². The maximum atomic E-state index is 14.2. The number of benzene rings is 1. The van der Waals surface area contributed by atoms with Gasteiger partial charge < -0.3 is 25.2 Å². The van der Waals surface area contributed by atoms with Crippen molar-refractivity contribution in [3.8, 4) is 11.5 Å². The number of amides is 1. The highest BCUT2D eigenvalue weighted by molar-refractivity contribution is 5.97. The van der Waals surface area contributed by atoms with Gasteiger partial charge in [0, 0.05) is 51.4 Å². The zero-order valence-electron chi connectivity index (χ0n) is 22.9. The Morgan fingerprint density at radius 3 is 2.71 bits per heavy atom. The third-order valence-corrected chi connectivity index (χ3v) is 8.59. The Morgan fingerprint density at radius 2 is 2.00 bits per heavy atom. The fourth-order valence-electron chi connectivity index (χ4n) is 6.53. The monoisotopic (exact) mass is 524 g/mol. The summed E-state index contributed by atoms with van der Waals surface area (Å²) in [6.07, 6.45) is 9.11. The second-order valence-electron chi connectivity index (χ2n) is 11.7. The van der Waals surface area contributed by atoms with E-state index in [1.807, 2.05) is 20.8 Å². The van der Waals surface area contributed by atoms with Crippen LogP contribution in [-0.4, -0.2) is 77.0 Å². The number of anilines is 1. The number of carbonyl (C=O) groups is 1. The normalized spacial score (nSPS) is 21.6. The molecule has 2 N–H and O–H groups in total. The number of nitrogens with two attached hydrogens (primary N) is 1. The average Bonchev–Trinajstić information content (AvgIpc) is 3.34. The van der Waals surface area contributed by atoms with E-state index in [0.29, 0.717) is 41.2 Å². The van der Waals surface area contributed by atoms with Crippen LogP contribution in [0.1, 0.15) is 63.2 Å². The second-order valence-corrected chi connectivity index (χ2v) is 11.7. The summed E-state index contributed by atoms with van der Waals surface area (Å²) in [6, 6.07) is 4.45. The van der Waals surface area contributed by atoms with Crippen LogP contribution in [0.2, 0.25) is 0 Å². The molecule has 1 aliphatic carbocycles. The molecule has 1 aromatic carbocycles. The molecule has 1 unspecified atom stereocenters. The summed E-state index contributed by atoms with van der Waals surface area (Å²) < 4.78 is 20.4. The number of halogens is 1. The van der Waals surface area contributed by atoms with E-state index in [1.54, 1.807) is 11.1 Å². The number of likely N-dealkylation sites (tertiary alicyclic amines) is 1. The highest BCUT2D eigenvalue weighted by Crippen LogP contribution is 2.44. The lowest BCUT2D eigenvalue weighted by atomic mass is 9.67. The summed E-state index contributed by atoms with van der Waals surface area (Å²) in [7, 11) is 0. The third-order valence-electron chi connectivity index (χ3n) is 8.59. The van der Waals surface area contributed by atoms with E-state index in [2.05, 4.69) is 19.8 Å². The van der Waals surface area contributed by atoms with E-state index in [1.165, 1.54) is 50.5 Å². The van der Waals surface area contributed by atoms with E-state index in [-0.39, 0.29) is 17.5 Å². The van der Waals surface area contributed by atoms with Gasteiger partial charge in [-0.2, -0.15) is 0 Å². The van der Waals surface area contributed by atoms with Gasteiger partial charge in [0.1, 0.15) is 17.9 Å². The molecule has 2 aromatic rings. The molecular weight excluding hydrogens is 483 g/mol. The van der Waals surface area contributed by atoms with Crippen molar-refractivity contribution in [2.24, 2.45) is 17.1 Å². The summed E-state index contributed by atoms with van der Waals surface area (Å²) in [5.41, 5.74) is 6.83. The predicted molar refractivity (Wildman–Crippen MR) is 146 cm³/mol. The minimum absolute atomic E-state index is 0.0160. The molecule has 8 nitrogen and oxygen atoms in total. The first-order chi connectivity index (χ1) is 18.3. The maximum absolute atomic E-state index is 14.2. The smallest absolute Gasteiger partial charge is 0.257 e. The molecule has 38 heavy (non-hydrogen) atoms. The fraction of sp³-hybridized carbons (Fsp3) is 0.621. The summed E-state index contributed by atoms with van der Waals surface area (Å²) in [6.45, 7) is 11.6. The molecule has 1 spiro atoms. The molecule has 1 aromatic heterocycles. The molecule has 3 fully saturated rings. The first-order valence-corrected chi connectivity index (χ1v) is 14.1. The Hall–Kier alpha value is -2.78. The Bertz CT molecular complexity index is 1130. The summed E-state index contributed by atoms with van der Waals surface area (Å²) in [5, 5.41) is 0. The summed E-state index contributed by atoms with van der Waals surface area (Å²) in [5.74, 6) is 1.32. The number of hydrogen-bond donors (Lipinski definition) is 1. The Labute approximate surface area is 225 Å². The van der Waals surface area contributed by atoms with Crippen molar-refractivity contribution >= 4 is 11.7 Å². The zero-order chi connectivity index (χ0) is 26.9. The van der Waals surface area contributed by atoms with Crippen LogP contribution in [0.25, 0.3) is 0 Å². The van der Waals surface area contributed by atoms with E-state index < -0.39 is 5.82 Å². The summed E-state index contributed by atoms with van der Waals surface area (Å²) >= 11 is 0. The van der Waals surface area contributed by atoms with E-state index in [9.17, 15) is 9.18 Å². The molecule has 9 heteroatoms. The molecule has 2 saturated heterocycles. The molecule has 0 bridgehead atoms. The topological polar surface area (TPSA) is 87.8 Å². The van der Waals surface area contributed by atoms with Crippen molar-refractivity contribution < 1.29 is 13.9 Å². The molecule has 0 radical (unpaired) electrons. The Kier molecular flexibility index (Phi) is 7.86. The van der Waals surface area contributed by atoms with Crippen molar-refractivity contribution in [3.05, 3.63) is 42.1 Å². The van der Waals surface area contributed by atoms with E-state index in [4.69, 9.17) is 10.5 Å². The van der Waals surface area contributed by atoms with Crippen molar-refractivity contribution in [3.63, 3.8) is 0 Å². The SMILES string of the molecule is CCN(C(=O)c1cc(F)ccc1Oc1cncnc1N1CCC(CN2CC3(CCC(N)CC3)C2)C1)C(C)C. The number of nitrogens with zero attached hydrogens (tertiary/aromatic N) is 5. The van der Waals surface area contributed by atoms with Crippen LogP contribution in [0.4, 0.5) is 10.2 Å². The minimum atomic E-state index is -0.476. The van der Waals surface area contributed by atoms with Crippen LogP contribution in [0.5, 0.6) is 11.5 Å². The van der Waals surface area contributed by atoms with Crippen molar-refractivity contribution in [1.29, 1.82) is 0 Å². The number of carbonyl (C=O) groups excluding carboxylic acids is 1. The van der Waals surface area contributed by atoms with Crippen LogP contribution in [0.15, 0.2) is 30.7 Å². The van der Waals surface area contributed by atoms with Gasteiger partial charge in [-0.05, 0) is 82.4 Å². The first-order valence-electron chi connectivity index (χ1n) is 14.1. The fourth-order valence-corrected chi connectivity index (χ4v) is 6.53. The van der Waals surface area contributed by atoms with Gasteiger partial charge in [0.05, 0.1) is 11.8 Å². The van der Waals surface area contributed by atoms with Crippen LogP contribution in [0, 0.1) is 17.2 Å². The molecule has 3 aliphatic rings. The highest BCUT2D eigenvalue weighted by atomic mass is 19.1. The van der Waals surface area contributed by atoms with Gasteiger partial charge in [-0.1, -0.05) is 0 Å². The van der Waals surface area contributed by atoms with Gasteiger partial charge in [0.2, 0.25) is 0 Å². The molecule has 3 heterocycles. The molecule has 1 atom stereocenters. The molecule has 2 aliphatic heterocycles. The standard InChI is InChI=1S/C29H41FN6O2/c1-4-36(20(2)3)28(37)24-13-22(30)5-6-25(24)38-26-14-32-19-33-27(26)35-12-9-21(16-35)15-34-17-29(18-34)10-7-23(31)8-11-29/h5-6,13-14,19-21,23H,4,7-12,15-18,31H2,1-3H3. The lowest BCUT2D eigenvalue weighted by Crippen LogP contribution is -2.59. The maximum Gasteiger partial charge on any atom is 0.257 e. The Morgan fingerprint density at radius 1 is 1.24 bits per heavy atom. The minimum Gasteiger partial charge on any atom is -0.451 e. The third kappa shape index (κ3) is 5.64. The summed E-state index contributed by atoms with van der Waals surface area (Å²) in [4.78, 5) is 28.5. The zero-order valence-corrected chi connectivity index (χ0v) is 22.9. The average molecular weight is 525 g/mol. The van der Waals surface area contributed by atoms with Gasteiger partial charge in [-0.3, -0.25) is 4.79 Å². The number of aromatic nitrogens is 2. The largest absolute Gasteiger partial charge is 0.451 e. The van der Waals surface area contributed by atoms with Crippen LogP contribution in [0.3, 0.4) is 0 Å². The molecular formula is C29H41FN6O2. The van der Waals surface area contributed by atoms with Gasteiger partial charge in [-0.15, -0.1) is 0 Å². The first kappa shape index (κ1) is 26.8. The number of hydrogen-bond acceptors (Lipinski definition) is 7. The van der Waals surface area contributed by atoms with Crippen LogP contribution < -0.4 is 15.4 Å². The van der Waals surface area contributed by atoms with E-state index >= 15 is 0 Å². The van der Waals surface area contributed by atoms with Crippen molar-refractivity contribution in [2.45, 2.75) is 65.0 Å². The van der Waals surface area contributed by atoms with Crippen molar-refractivity contribution in [2.75, 3.05) is 44.2 Å².